The molecule has 1 aliphatic heterocycles. The number of hydrogen-bond acceptors (Lipinski definition) is 2. The Morgan fingerprint density at radius 2 is 2.14 bits per heavy atom. The maximum atomic E-state index is 6.28. The third-order valence-electron chi connectivity index (χ3n) is 4.66. The topological polar surface area (TPSA) is 21.3 Å². The molecule has 0 saturated carbocycles. The molecule has 1 aliphatic rings. The lowest BCUT2D eigenvalue weighted by molar-refractivity contribution is 0.321. The number of ether oxygens (including phenoxy) is 1. The van der Waals surface area contributed by atoms with E-state index in [1.54, 1.807) is 0 Å². The Morgan fingerprint density at radius 3 is 2.81 bits per heavy atom. The zero-order chi connectivity index (χ0) is 15.2. The molecule has 1 N–H and O–H groups in total. The molecule has 1 aromatic carbocycles. The van der Waals surface area contributed by atoms with Gasteiger partial charge in [0.25, 0.3) is 0 Å². The van der Waals surface area contributed by atoms with Crippen LogP contribution in [-0.4, -0.2) is 19.7 Å². The number of rotatable bonds is 8. The molecule has 0 spiro atoms. The fourth-order valence-electron chi connectivity index (χ4n) is 3.40. The van der Waals surface area contributed by atoms with Crippen LogP contribution >= 0.6 is 11.6 Å². The Hall–Kier alpha value is -0.730. The number of likely N-dealkylation sites (N-methyl/N-ethyl adjacent to an activating group) is 1. The minimum absolute atomic E-state index is 0.494. The van der Waals surface area contributed by atoms with Crippen LogP contribution in [0.1, 0.15) is 50.7 Å². The van der Waals surface area contributed by atoms with E-state index in [-0.39, 0.29) is 0 Å². The Labute approximate surface area is 134 Å². The Morgan fingerprint density at radius 1 is 1.33 bits per heavy atom. The van der Waals surface area contributed by atoms with E-state index in [1.807, 2.05) is 0 Å². The fourth-order valence-corrected chi connectivity index (χ4v) is 3.66. The molecule has 118 valence electrons. The van der Waals surface area contributed by atoms with Crippen LogP contribution in [0.4, 0.5) is 0 Å². The minimum Gasteiger partial charge on any atom is -0.493 e. The number of halogens is 1. The summed E-state index contributed by atoms with van der Waals surface area (Å²) in [5, 5.41) is 4.36. The number of nitrogens with one attached hydrogen (secondary N) is 1. The van der Waals surface area contributed by atoms with Crippen molar-refractivity contribution in [2.75, 3.05) is 13.7 Å². The second-order valence-corrected chi connectivity index (χ2v) is 6.50. The smallest absolute Gasteiger partial charge is 0.125 e. The van der Waals surface area contributed by atoms with Gasteiger partial charge in [-0.3, -0.25) is 0 Å². The van der Waals surface area contributed by atoms with Gasteiger partial charge in [-0.05, 0) is 49.1 Å². The summed E-state index contributed by atoms with van der Waals surface area (Å²) in [6.45, 7) is 5.35. The van der Waals surface area contributed by atoms with Crippen LogP contribution in [0, 0.1) is 5.92 Å². The van der Waals surface area contributed by atoms with Crippen LogP contribution < -0.4 is 10.1 Å². The maximum Gasteiger partial charge on any atom is 0.125 e. The van der Waals surface area contributed by atoms with E-state index < -0.39 is 0 Å². The van der Waals surface area contributed by atoms with Crippen molar-refractivity contribution in [1.29, 1.82) is 0 Å². The van der Waals surface area contributed by atoms with E-state index in [0.717, 1.165) is 30.2 Å². The van der Waals surface area contributed by atoms with E-state index in [1.165, 1.54) is 36.8 Å². The van der Waals surface area contributed by atoms with Crippen LogP contribution in [0.3, 0.4) is 0 Å². The van der Waals surface area contributed by atoms with Crippen molar-refractivity contribution in [2.45, 2.75) is 58.4 Å². The first-order chi connectivity index (χ1) is 10.2. The van der Waals surface area contributed by atoms with Crippen molar-refractivity contribution in [3.8, 4) is 5.75 Å². The zero-order valence-electron chi connectivity index (χ0n) is 13.5. The van der Waals surface area contributed by atoms with Crippen molar-refractivity contribution >= 4 is 11.6 Å². The Kier molecular flexibility index (Phi) is 6.38. The van der Waals surface area contributed by atoms with Gasteiger partial charge in [-0.1, -0.05) is 44.7 Å². The van der Waals surface area contributed by atoms with Gasteiger partial charge >= 0.3 is 0 Å². The molecule has 1 aromatic rings. The highest BCUT2D eigenvalue weighted by molar-refractivity contribution is 6.30. The van der Waals surface area contributed by atoms with Crippen LogP contribution in [-0.2, 0) is 12.8 Å². The SMILES string of the molecule is CCCCC(CC)C(Cc1cc(Cl)cc2c1OCC2)NC. The lowest BCUT2D eigenvalue weighted by Crippen LogP contribution is -2.35. The summed E-state index contributed by atoms with van der Waals surface area (Å²) in [5.74, 6) is 1.80. The number of fused-ring (bicyclic) bond motifs is 1. The molecule has 1 heterocycles. The van der Waals surface area contributed by atoms with Crippen LogP contribution in [0.2, 0.25) is 5.02 Å². The molecule has 2 atom stereocenters. The molecule has 0 aromatic heterocycles. The summed E-state index contributed by atoms with van der Waals surface area (Å²) in [6.07, 6.45) is 7.07. The molecular weight excluding hydrogens is 282 g/mol. The van der Waals surface area contributed by atoms with E-state index >= 15 is 0 Å². The van der Waals surface area contributed by atoms with Gasteiger partial charge in [0, 0.05) is 17.5 Å². The van der Waals surface area contributed by atoms with E-state index in [0.29, 0.717) is 12.0 Å². The fraction of sp³-hybridized carbons (Fsp3) is 0.667. The van der Waals surface area contributed by atoms with Crippen molar-refractivity contribution in [3.05, 3.63) is 28.3 Å². The van der Waals surface area contributed by atoms with Crippen LogP contribution in [0.25, 0.3) is 0 Å². The van der Waals surface area contributed by atoms with Crippen molar-refractivity contribution in [1.82, 2.24) is 5.32 Å². The molecular formula is C18H28ClNO. The number of hydrogen-bond donors (Lipinski definition) is 1. The predicted molar refractivity (Wildman–Crippen MR) is 90.5 cm³/mol. The van der Waals surface area contributed by atoms with E-state index in [4.69, 9.17) is 16.3 Å². The lowest BCUT2D eigenvalue weighted by Gasteiger charge is -2.27. The lowest BCUT2D eigenvalue weighted by atomic mass is 9.87. The van der Waals surface area contributed by atoms with Gasteiger partial charge in [-0.2, -0.15) is 0 Å². The van der Waals surface area contributed by atoms with Gasteiger partial charge in [0.05, 0.1) is 6.61 Å². The first-order valence-corrected chi connectivity index (χ1v) is 8.68. The molecule has 0 radical (unpaired) electrons. The predicted octanol–water partition coefficient (Wildman–Crippen LogP) is 4.62. The molecule has 2 unspecified atom stereocenters. The first-order valence-electron chi connectivity index (χ1n) is 8.30. The van der Waals surface area contributed by atoms with Crippen LogP contribution in [0.15, 0.2) is 12.1 Å². The molecule has 0 fully saturated rings. The summed E-state index contributed by atoms with van der Waals surface area (Å²) >= 11 is 6.28. The molecule has 3 heteroatoms. The molecule has 21 heavy (non-hydrogen) atoms. The zero-order valence-corrected chi connectivity index (χ0v) is 14.3. The molecule has 2 nitrogen and oxygen atoms in total. The average molecular weight is 310 g/mol. The molecule has 0 bridgehead atoms. The highest BCUT2D eigenvalue weighted by atomic mass is 35.5. The summed E-state index contributed by atoms with van der Waals surface area (Å²) < 4.78 is 5.84. The van der Waals surface area contributed by atoms with E-state index in [2.05, 4.69) is 38.3 Å². The molecule has 0 saturated heterocycles. The van der Waals surface area contributed by atoms with E-state index in [9.17, 15) is 0 Å². The quantitative estimate of drug-likeness (QED) is 0.756. The van der Waals surface area contributed by atoms with Crippen molar-refractivity contribution < 1.29 is 4.74 Å². The second kappa shape index (κ2) is 8.05. The highest BCUT2D eigenvalue weighted by Gasteiger charge is 2.23. The normalized spacial score (nSPS) is 16.4. The van der Waals surface area contributed by atoms with Crippen molar-refractivity contribution in [2.24, 2.45) is 5.92 Å². The van der Waals surface area contributed by atoms with Crippen LogP contribution in [0.5, 0.6) is 5.75 Å². The second-order valence-electron chi connectivity index (χ2n) is 6.06. The molecule has 0 amide bonds. The van der Waals surface area contributed by atoms with Gasteiger partial charge in [0.1, 0.15) is 5.75 Å². The van der Waals surface area contributed by atoms with Crippen molar-refractivity contribution in [3.63, 3.8) is 0 Å². The first kappa shape index (κ1) is 16.6. The third-order valence-corrected chi connectivity index (χ3v) is 4.88. The van der Waals surface area contributed by atoms with Gasteiger partial charge < -0.3 is 10.1 Å². The third kappa shape index (κ3) is 4.14. The minimum atomic E-state index is 0.494. The standard InChI is InChI=1S/C18H28ClNO/c1-4-6-7-13(5-2)17(20-3)12-15-11-16(19)10-14-8-9-21-18(14)15/h10-11,13,17,20H,4-9,12H2,1-3H3. The maximum absolute atomic E-state index is 6.28. The summed E-state index contributed by atoms with van der Waals surface area (Å²) in [4.78, 5) is 0. The average Bonchev–Trinajstić information content (AvgIpc) is 2.94. The summed E-state index contributed by atoms with van der Waals surface area (Å²) in [7, 11) is 2.07. The summed E-state index contributed by atoms with van der Waals surface area (Å²) in [5.41, 5.74) is 2.54. The summed E-state index contributed by atoms with van der Waals surface area (Å²) in [6, 6.07) is 4.63. The monoisotopic (exact) mass is 309 g/mol. The number of unbranched alkanes of at least 4 members (excludes halogenated alkanes) is 1. The van der Waals surface area contributed by atoms with Gasteiger partial charge in [-0.25, -0.2) is 0 Å². The largest absolute Gasteiger partial charge is 0.493 e. The van der Waals surface area contributed by atoms with Gasteiger partial charge in [-0.15, -0.1) is 0 Å². The number of benzene rings is 1. The Balaban J connectivity index is 2.14. The highest BCUT2D eigenvalue weighted by Crippen LogP contribution is 2.34. The van der Waals surface area contributed by atoms with Gasteiger partial charge in [0.2, 0.25) is 0 Å². The Bertz CT molecular complexity index is 461. The van der Waals surface area contributed by atoms with Gasteiger partial charge in [0.15, 0.2) is 0 Å². The molecule has 2 rings (SSSR count). The molecule has 0 aliphatic carbocycles.